The van der Waals surface area contributed by atoms with E-state index in [0.717, 1.165) is 0 Å². The predicted molar refractivity (Wildman–Crippen MR) is 68.3 cm³/mol. The minimum Gasteiger partial charge on any atom is -0.505 e. The van der Waals surface area contributed by atoms with Gasteiger partial charge in [-0.2, -0.15) is 0 Å². The molecule has 7 heteroatoms. The van der Waals surface area contributed by atoms with Gasteiger partial charge < -0.3 is 19.8 Å². The van der Waals surface area contributed by atoms with E-state index in [9.17, 15) is 14.7 Å². The van der Waals surface area contributed by atoms with Crippen molar-refractivity contribution in [3.63, 3.8) is 0 Å². The van der Waals surface area contributed by atoms with Gasteiger partial charge in [-0.15, -0.1) is 0 Å². The number of pyridine rings is 1. The van der Waals surface area contributed by atoms with Gasteiger partial charge in [0.15, 0.2) is 5.69 Å². The van der Waals surface area contributed by atoms with Crippen molar-refractivity contribution < 1.29 is 24.5 Å². The lowest BCUT2D eigenvalue weighted by Gasteiger charge is -2.29. The number of ether oxygens (including phenoxy) is 1. The third-order valence-corrected chi connectivity index (χ3v) is 3.36. The lowest BCUT2D eigenvalue weighted by molar-refractivity contribution is -0.142. The van der Waals surface area contributed by atoms with Gasteiger partial charge in [0.1, 0.15) is 11.7 Å². The molecule has 2 heterocycles. The maximum atomic E-state index is 12.4. The summed E-state index contributed by atoms with van der Waals surface area (Å²) in [7, 11) is 0. The Labute approximate surface area is 115 Å². The van der Waals surface area contributed by atoms with Crippen molar-refractivity contribution in [3.8, 4) is 5.75 Å². The molecule has 1 aromatic rings. The van der Waals surface area contributed by atoms with Crippen LogP contribution in [0, 0.1) is 5.92 Å². The number of aliphatic carboxylic acids is 1. The van der Waals surface area contributed by atoms with Crippen LogP contribution in [0.4, 0.5) is 0 Å². The van der Waals surface area contributed by atoms with E-state index in [1.165, 1.54) is 23.2 Å². The minimum atomic E-state index is -0.996. The van der Waals surface area contributed by atoms with E-state index in [4.69, 9.17) is 9.84 Å². The fraction of sp³-hybridized carbons (Fsp3) is 0.462. The monoisotopic (exact) mass is 280 g/mol. The van der Waals surface area contributed by atoms with Gasteiger partial charge >= 0.3 is 5.97 Å². The molecule has 1 amide bonds. The number of rotatable bonds is 4. The van der Waals surface area contributed by atoms with Crippen LogP contribution in [0.1, 0.15) is 17.4 Å². The molecule has 1 saturated heterocycles. The smallest absolute Gasteiger partial charge is 0.311 e. The number of likely N-dealkylation sites (N-methyl/N-ethyl adjacent to an activating group) is 1. The molecule has 2 N–H and O–H groups in total. The molecule has 0 spiro atoms. The second-order valence-electron chi connectivity index (χ2n) is 4.51. The molecule has 1 aromatic heterocycles. The first-order valence-electron chi connectivity index (χ1n) is 6.31. The number of carboxylic acid groups (broad SMARTS) is 1. The number of hydrogen-bond donors (Lipinski definition) is 2. The number of amides is 1. The molecule has 0 aliphatic carbocycles. The topological polar surface area (TPSA) is 100.0 Å². The minimum absolute atomic E-state index is 0.0783. The molecule has 1 aliphatic heterocycles. The van der Waals surface area contributed by atoms with Gasteiger partial charge in [-0.3, -0.25) is 9.59 Å². The van der Waals surface area contributed by atoms with Crippen LogP contribution in [0.25, 0.3) is 0 Å². The fourth-order valence-corrected chi connectivity index (χ4v) is 2.31. The van der Waals surface area contributed by atoms with Gasteiger partial charge in [0, 0.05) is 12.7 Å². The first-order chi connectivity index (χ1) is 9.56. The van der Waals surface area contributed by atoms with Crippen LogP contribution in [0.3, 0.4) is 0 Å². The zero-order valence-electron chi connectivity index (χ0n) is 11.0. The van der Waals surface area contributed by atoms with Crippen LogP contribution in [-0.4, -0.2) is 57.8 Å². The van der Waals surface area contributed by atoms with Gasteiger partial charge in [0.2, 0.25) is 0 Å². The Kier molecular flexibility index (Phi) is 4.19. The molecule has 7 nitrogen and oxygen atoms in total. The molecule has 1 fully saturated rings. The normalized spacial score (nSPS) is 21.6. The summed E-state index contributed by atoms with van der Waals surface area (Å²) >= 11 is 0. The number of carboxylic acids is 1. The molecule has 1 aliphatic rings. The van der Waals surface area contributed by atoms with E-state index in [1.54, 1.807) is 6.92 Å². The standard InChI is InChI=1S/C13H16N2O5/c1-2-15(9-7-20-6-8(9)13(18)19)12(17)11-10(16)4-3-5-14-11/h3-5,8-9,16H,2,6-7H2,1H3,(H,18,19). The van der Waals surface area contributed by atoms with Gasteiger partial charge in [-0.05, 0) is 19.1 Å². The van der Waals surface area contributed by atoms with Crippen LogP contribution in [0.5, 0.6) is 5.75 Å². The van der Waals surface area contributed by atoms with E-state index in [0.29, 0.717) is 6.54 Å². The first kappa shape index (κ1) is 14.3. The van der Waals surface area contributed by atoms with Crippen molar-refractivity contribution in [2.24, 2.45) is 5.92 Å². The van der Waals surface area contributed by atoms with Gasteiger partial charge in [-0.1, -0.05) is 0 Å². The molecule has 0 radical (unpaired) electrons. The lowest BCUT2D eigenvalue weighted by atomic mass is 10.0. The van der Waals surface area contributed by atoms with Gasteiger partial charge in [0.25, 0.3) is 5.91 Å². The van der Waals surface area contributed by atoms with Crippen molar-refractivity contribution in [1.29, 1.82) is 0 Å². The highest BCUT2D eigenvalue weighted by Gasteiger charge is 2.40. The Morgan fingerprint density at radius 1 is 1.50 bits per heavy atom. The van der Waals surface area contributed by atoms with E-state index in [-0.39, 0.29) is 24.7 Å². The van der Waals surface area contributed by atoms with Gasteiger partial charge in [-0.25, -0.2) is 4.98 Å². The molecule has 2 rings (SSSR count). The average molecular weight is 280 g/mol. The predicted octanol–water partition coefficient (Wildman–Crippen LogP) is 0.349. The summed E-state index contributed by atoms with van der Waals surface area (Å²) < 4.78 is 5.17. The molecular formula is C13H16N2O5. The summed E-state index contributed by atoms with van der Waals surface area (Å²) in [6.07, 6.45) is 1.40. The zero-order chi connectivity index (χ0) is 14.7. The third kappa shape index (κ3) is 2.57. The lowest BCUT2D eigenvalue weighted by Crippen LogP contribution is -2.46. The molecule has 0 aromatic carbocycles. The van der Waals surface area contributed by atoms with Crippen LogP contribution in [0.15, 0.2) is 18.3 Å². The summed E-state index contributed by atoms with van der Waals surface area (Å²) in [5.41, 5.74) is -0.0783. The molecule has 20 heavy (non-hydrogen) atoms. The van der Waals surface area contributed by atoms with Crippen molar-refractivity contribution >= 4 is 11.9 Å². The third-order valence-electron chi connectivity index (χ3n) is 3.36. The maximum absolute atomic E-state index is 12.4. The Morgan fingerprint density at radius 3 is 2.85 bits per heavy atom. The Bertz CT molecular complexity index is 519. The molecular weight excluding hydrogens is 264 g/mol. The van der Waals surface area contributed by atoms with Crippen molar-refractivity contribution in [2.45, 2.75) is 13.0 Å². The number of carbonyl (C=O) groups excluding carboxylic acids is 1. The maximum Gasteiger partial charge on any atom is 0.311 e. The average Bonchev–Trinajstić information content (AvgIpc) is 2.89. The van der Waals surface area contributed by atoms with Crippen molar-refractivity contribution in [2.75, 3.05) is 19.8 Å². The number of carbonyl (C=O) groups is 2. The molecule has 2 unspecified atom stereocenters. The second-order valence-corrected chi connectivity index (χ2v) is 4.51. The number of aromatic nitrogens is 1. The van der Waals surface area contributed by atoms with Crippen molar-refractivity contribution in [1.82, 2.24) is 9.88 Å². The highest BCUT2D eigenvalue weighted by Crippen LogP contribution is 2.23. The summed E-state index contributed by atoms with van der Waals surface area (Å²) in [4.78, 5) is 28.8. The molecule has 0 bridgehead atoms. The summed E-state index contributed by atoms with van der Waals surface area (Å²) in [6, 6.07) is 2.33. The number of aromatic hydroxyl groups is 1. The molecule has 108 valence electrons. The highest BCUT2D eigenvalue weighted by molar-refractivity contribution is 5.95. The van der Waals surface area contributed by atoms with Crippen LogP contribution in [-0.2, 0) is 9.53 Å². The van der Waals surface area contributed by atoms with Crippen molar-refractivity contribution in [3.05, 3.63) is 24.0 Å². The highest BCUT2D eigenvalue weighted by atomic mass is 16.5. The van der Waals surface area contributed by atoms with Crippen LogP contribution >= 0.6 is 0 Å². The van der Waals surface area contributed by atoms with Crippen LogP contribution < -0.4 is 0 Å². The number of hydrogen-bond acceptors (Lipinski definition) is 5. The van der Waals surface area contributed by atoms with E-state index < -0.39 is 23.8 Å². The molecule has 0 saturated carbocycles. The van der Waals surface area contributed by atoms with E-state index in [2.05, 4.69) is 4.98 Å². The fourth-order valence-electron chi connectivity index (χ4n) is 2.31. The Morgan fingerprint density at radius 2 is 2.25 bits per heavy atom. The molecule has 2 atom stereocenters. The van der Waals surface area contributed by atoms with Gasteiger partial charge in [0.05, 0.1) is 19.3 Å². The second kappa shape index (κ2) is 5.87. The SMILES string of the molecule is CCN(C(=O)c1ncccc1O)C1COCC1C(=O)O. The summed E-state index contributed by atoms with van der Waals surface area (Å²) in [6.45, 7) is 2.31. The Balaban J connectivity index is 2.26. The van der Waals surface area contributed by atoms with E-state index in [1.807, 2.05) is 0 Å². The largest absolute Gasteiger partial charge is 0.505 e. The number of nitrogens with zero attached hydrogens (tertiary/aromatic N) is 2. The summed E-state index contributed by atoms with van der Waals surface area (Å²) in [5.74, 6) is -2.47. The summed E-state index contributed by atoms with van der Waals surface area (Å²) in [5, 5.41) is 18.8. The van der Waals surface area contributed by atoms with E-state index >= 15 is 0 Å². The zero-order valence-corrected chi connectivity index (χ0v) is 11.0. The first-order valence-corrected chi connectivity index (χ1v) is 6.31. The quantitative estimate of drug-likeness (QED) is 0.825. The Hall–Kier alpha value is -2.15. The van der Waals surface area contributed by atoms with Crippen LogP contribution in [0.2, 0.25) is 0 Å².